The van der Waals surface area contributed by atoms with Crippen LogP contribution in [0.1, 0.15) is 20.3 Å². The highest BCUT2D eigenvalue weighted by Crippen LogP contribution is 2.13. The van der Waals surface area contributed by atoms with Gasteiger partial charge in [0.2, 0.25) is 0 Å². The Kier molecular flexibility index (Phi) is 4.02. The van der Waals surface area contributed by atoms with E-state index in [1.165, 1.54) is 0 Å². The second-order valence-electron chi connectivity index (χ2n) is 3.45. The van der Waals surface area contributed by atoms with Crippen molar-refractivity contribution in [2.45, 2.75) is 26.3 Å². The molecule has 76 valence electrons. The molecule has 0 aromatic rings. The van der Waals surface area contributed by atoms with Crippen LogP contribution in [0.5, 0.6) is 0 Å². The lowest BCUT2D eigenvalue weighted by atomic mass is 9.98. The van der Waals surface area contributed by atoms with E-state index in [4.69, 9.17) is 10.5 Å². The molecular weight excluding hydrogens is 166 g/mol. The normalized spacial score (nSPS) is 30.2. The van der Waals surface area contributed by atoms with E-state index in [0.29, 0.717) is 17.9 Å². The largest absolute Gasteiger partial charge is 0.381 e. The van der Waals surface area contributed by atoms with Gasteiger partial charge in [0.1, 0.15) is 0 Å². The minimum atomic E-state index is 0.420. The van der Waals surface area contributed by atoms with Gasteiger partial charge in [-0.1, -0.05) is 6.92 Å². The molecular formula is C9H19N3O. The lowest BCUT2D eigenvalue weighted by Crippen LogP contribution is -2.47. The Morgan fingerprint density at radius 2 is 2.46 bits per heavy atom. The predicted molar refractivity (Wildman–Crippen MR) is 53.7 cm³/mol. The molecule has 3 N–H and O–H groups in total. The Hall–Kier alpha value is -0.770. The molecule has 1 heterocycles. The molecule has 1 saturated heterocycles. The Morgan fingerprint density at radius 3 is 3.08 bits per heavy atom. The van der Waals surface area contributed by atoms with Crippen LogP contribution in [-0.2, 0) is 4.74 Å². The first-order valence-electron chi connectivity index (χ1n) is 4.88. The summed E-state index contributed by atoms with van der Waals surface area (Å²) in [5, 5.41) is 3.22. The predicted octanol–water partition coefficient (Wildman–Crippen LogP) is 0.336. The number of nitrogens with two attached hydrogens (primary N) is 1. The van der Waals surface area contributed by atoms with Gasteiger partial charge < -0.3 is 15.8 Å². The Balaban J connectivity index is 2.37. The lowest BCUT2D eigenvalue weighted by Gasteiger charge is -2.29. The number of aliphatic imine (C=N–C) groups is 1. The Labute approximate surface area is 79.6 Å². The Bertz CT molecular complexity index is 182. The Morgan fingerprint density at radius 1 is 1.69 bits per heavy atom. The third kappa shape index (κ3) is 3.22. The van der Waals surface area contributed by atoms with Gasteiger partial charge >= 0.3 is 0 Å². The van der Waals surface area contributed by atoms with E-state index in [0.717, 1.165) is 26.2 Å². The second-order valence-corrected chi connectivity index (χ2v) is 3.45. The van der Waals surface area contributed by atoms with Gasteiger partial charge in [-0.2, -0.15) is 0 Å². The van der Waals surface area contributed by atoms with Gasteiger partial charge in [-0.3, -0.25) is 4.99 Å². The fourth-order valence-corrected chi connectivity index (χ4v) is 1.50. The SMILES string of the molecule is CCN=C(N)NC1CCOCC1C. The molecule has 0 radical (unpaired) electrons. The van der Waals surface area contributed by atoms with Crippen LogP contribution in [0, 0.1) is 5.92 Å². The third-order valence-electron chi connectivity index (χ3n) is 2.30. The molecule has 0 aliphatic carbocycles. The van der Waals surface area contributed by atoms with E-state index >= 15 is 0 Å². The molecule has 2 atom stereocenters. The molecule has 0 aromatic heterocycles. The highest BCUT2D eigenvalue weighted by Gasteiger charge is 2.21. The van der Waals surface area contributed by atoms with Crippen molar-refractivity contribution >= 4 is 5.96 Å². The maximum atomic E-state index is 5.68. The average Bonchev–Trinajstić information content (AvgIpc) is 2.09. The molecule has 0 aromatic carbocycles. The number of ether oxygens (including phenoxy) is 1. The fraction of sp³-hybridized carbons (Fsp3) is 0.889. The highest BCUT2D eigenvalue weighted by atomic mass is 16.5. The van der Waals surface area contributed by atoms with Crippen molar-refractivity contribution < 1.29 is 4.74 Å². The lowest BCUT2D eigenvalue weighted by molar-refractivity contribution is 0.0440. The topological polar surface area (TPSA) is 59.6 Å². The number of hydrogen-bond acceptors (Lipinski definition) is 2. The molecule has 0 amide bonds. The summed E-state index contributed by atoms with van der Waals surface area (Å²) in [6.07, 6.45) is 1.01. The van der Waals surface area contributed by atoms with E-state index in [-0.39, 0.29) is 0 Å². The third-order valence-corrected chi connectivity index (χ3v) is 2.30. The minimum Gasteiger partial charge on any atom is -0.381 e. The van der Waals surface area contributed by atoms with Crippen LogP contribution in [0.15, 0.2) is 4.99 Å². The standard InChI is InChI=1S/C9H19N3O/c1-3-11-9(10)12-8-4-5-13-6-7(8)2/h7-8H,3-6H2,1-2H3,(H3,10,11,12). The summed E-state index contributed by atoms with van der Waals surface area (Å²) >= 11 is 0. The summed E-state index contributed by atoms with van der Waals surface area (Å²) in [6, 6.07) is 0.420. The molecule has 13 heavy (non-hydrogen) atoms. The number of guanidine groups is 1. The maximum absolute atomic E-state index is 5.68. The van der Waals surface area contributed by atoms with Crippen molar-refractivity contribution in [3.8, 4) is 0 Å². The van der Waals surface area contributed by atoms with E-state index < -0.39 is 0 Å². The maximum Gasteiger partial charge on any atom is 0.188 e. The van der Waals surface area contributed by atoms with Gasteiger partial charge in [-0.25, -0.2) is 0 Å². The monoisotopic (exact) mass is 185 g/mol. The van der Waals surface area contributed by atoms with Crippen molar-refractivity contribution in [3.05, 3.63) is 0 Å². The first-order valence-corrected chi connectivity index (χ1v) is 4.88. The van der Waals surface area contributed by atoms with E-state index in [1.807, 2.05) is 6.92 Å². The quantitative estimate of drug-likeness (QED) is 0.481. The van der Waals surface area contributed by atoms with Crippen molar-refractivity contribution in [1.82, 2.24) is 5.32 Å². The van der Waals surface area contributed by atoms with Crippen molar-refractivity contribution in [1.29, 1.82) is 0 Å². The molecule has 2 unspecified atom stereocenters. The molecule has 4 heteroatoms. The van der Waals surface area contributed by atoms with Crippen LogP contribution < -0.4 is 11.1 Å². The van der Waals surface area contributed by atoms with Gasteiger partial charge in [0.05, 0.1) is 6.61 Å². The summed E-state index contributed by atoms with van der Waals surface area (Å²) in [5.41, 5.74) is 5.68. The first kappa shape index (κ1) is 10.3. The van der Waals surface area contributed by atoms with Crippen molar-refractivity contribution in [3.63, 3.8) is 0 Å². The van der Waals surface area contributed by atoms with Gasteiger partial charge in [0, 0.05) is 19.2 Å². The molecule has 1 fully saturated rings. The molecule has 0 spiro atoms. The molecule has 0 saturated carbocycles. The first-order chi connectivity index (χ1) is 6.24. The van der Waals surface area contributed by atoms with Crippen LogP contribution in [-0.4, -0.2) is 31.8 Å². The van der Waals surface area contributed by atoms with Crippen molar-refractivity contribution in [2.24, 2.45) is 16.6 Å². The zero-order chi connectivity index (χ0) is 9.68. The van der Waals surface area contributed by atoms with Crippen LogP contribution in [0.4, 0.5) is 0 Å². The average molecular weight is 185 g/mol. The van der Waals surface area contributed by atoms with Crippen LogP contribution in [0.3, 0.4) is 0 Å². The van der Waals surface area contributed by atoms with Crippen LogP contribution in [0.2, 0.25) is 0 Å². The van der Waals surface area contributed by atoms with E-state index in [2.05, 4.69) is 17.2 Å². The van der Waals surface area contributed by atoms with Gasteiger partial charge in [-0.15, -0.1) is 0 Å². The van der Waals surface area contributed by atoms with Crippen LogP contribution in [0.25, 0.3) is 0 Å². The molecule has 0 bridgehead atoms. The number of nitrogens with zero attached hydrogens (tertiary/aromatic N) is 1. The second kappa shape index (κ2) is 5.07. The van der Waals surface area contributed by atoms with E-state index in [1.54, 1.807) is 0 Å². The zero-order valence-electron chi connectivity index (χ0n) is 8.42. The summed E-state index contributed by atoms with van der Waals surface area (Å²) in [5.74, 6) is 1.07. The number of hydrogen-bond donors (Lipinski definition) is 2. The number of nitrogens with one attached hydrogen (secondary N) is 1. The summed E-state index contributed by atoms with van der Waals surface area (Å²) in [6.45, 7) is 6.51. The fourth-order valence-electron chi connectivity index (χ4n) is 1.50. The van der Waals surface area contributed by atoms with Gasteiger partial charge in [0.15, 0.2) is 5.96 Å². The zero-order valence-corrected chi connectivity index (χ0v) is 8.42. The van der Waals surface area contributed by atoms with Crippen molar-refractivity contribution in [2.75, 3.05) is 19.8 Å². The molecule has 1 rings (SSSR count). The summed E-state index contributed by atoms with van der Waals surface area (Å²) in [4.78, 5) is 4.10. The number of rotatable bonds is 2. The van der Waals surface area contributed by atoms with E-state index in [9.17, 15) is 0 Å². The smallest absolute Gasteiger partial charge is 0.188 e. The summed E-state index contributed by atoms with van der Waals surface area (Å²) in [7, 11) is 0. The van der Waals surface area contributed by atoms with Gasteiger partial charge in [-0.05, 0) is 19.3 Å². The van der Waals surface area contributed by atoms with Gasteiger partial charge in [0.25, 0.3) is 0 Å². The highest BCUT2D eigenvalue weighted by molar-refractivity contribution is 5.78. The van der Waals surface area contributed by atoms with Crippen LogP contribution >= 0.6 is 0 Å². The molecule has 4 nitrogen and oxygen atoms in total. The summed E-state index contributed by atoms with van der Waals surface area (Å²) < 4.78 is 5.33. The molecule has 1 aliphatic heterocycles. The molecule has 1 aliphatic rings. The minimum absolute atomic E-state index is 0.420.